The molecule has 0 saturated carbocycles. The molecule has 4 rings (SSSR count). The Morgan fingerprint density at radius 2 is 1.17 bits per heavy atom. The number of aliphatic hydroxyl groups excluding tert-OH is 1. The summed E-state index contributed by atoms with van der Waals surface area (Å²) >= 11 is 0. The van der Waals surface area contributed by atoms with E-state index in [-0.39, 0.29) is 18.9 Å². The molecule has 4 aromatic rings. The van der Waals surface area contributed by atoms with Crippen LogP contribution in [0.2, 0.25) is 0 Å². The van der Waals surface area contributed by atoms with Gasteiger partial charge in [0.1, 0.15) is 5.54 Å². The zero-order valence-corrected chi connectivity index (χ0v) is 19.8. The summed E-state index contributed by atoms with van der Waals surface area (Å²) in [7, 11) is 0. The Morgan fingerprint density at radius 3 is 1.58 bits per heavy atom. The lowest BCUT2D eigenvalue weighted by Gasteiger charge is -2.37. The molecular formula is C30H29N3O3. The van der Waals surface area contributed by atoms with Gasteiger partial charge in [-0.2, -0.15) is 0 Å². The highest BCUT2D eigenvalue weighted by Gasteiger charge is 2.38. The molecule has 0 aliphatic heterocycles. The summed E-state index contributed by atoms with van der Waals surface area (Å²) in [5, 5.41) is 15.1. The lowest BCUT2D eigenvalue weighted by Crippen LogP contribution is -2.50. The third kappa shape index (κ3) is 5.51. The summed E-state index contributed by atoms with van der Waals surface area (Å²) in [5.74, 6) is -0.823. The van der Waals surface area contributed by atoms with E-state index in [1.54, 1.807) is 24.3 Å². The van der Waals surface area contributed by atoms with E-state index in [4.69, 9.17) is 5.73 Å². The van der Waals surface area contributed by atoms with Crippen molar-refractivity contribution >= 4 is 17.5 Å². The van der Waals surface area contributed by atoms with E-state index in [1.807, 2.05) is 91.0 Å². The maximum atomic E-state index is 13.4. The van der Waals surface area contributed by atoms with Gasteiger partial charge < -0.3 is 21.5 Å². The van der Waals surface area contributed by atoms with Crippen LogP contribution in [0.1, 0.15) is 28.7 Å². The van der Waals surface area contributed by atoms with Gasteiger partial charge in [0, 0.05) is 5.69 Å². The van der Waals surface area contributed by atoms with E-state index < -0.39 is 17.5 Å². The van der Waals surface area contributed by atoms with Crippen molar-refractivity contribution in [1.82, 2.24) is 5.32 Å². The van der Waals surface area contributed by atoms with Crippen LogP contribution in [0, 0.1) is 0 Å². The third-order valence-electron chi connectivity index (χ3n) is 6.09. The quantitative estimate of drug-likeness (QED) is 0.273. The minimum absolute atomic E-state index is 0.0834. The van der Waals surface area contributed by atoms with Crippen LogP contribution in [-0.4, -0.2) is 23.0 Å². The zero-order chi connectivity index (χ0) is 25.4. The molecule has 0 fully saturated rings. The van der Waals surface area contributed by atoms with Crippen molar-refractivity contribution in [2.24, 2.45) is 5.73 Å². The number of anilines is 1. The van der Waals surface area contributed by atoms with Crippen LogP contribution in [0.4, 0.5) is 5.69 Å². The Kier molecular flexibility index (Phi) is 7.90. The van der Waals surface area contributed by atoms with Gasteiger partial charge >= 0.3 is 0 Å². The van der Waals surface area contributed by atoms with E-state index in [0.717, 1.165) is 22.3 Å². The lowest BCUT2D eigenvalue weighted by atomic mass is 9.77. The van der Waals surface area contributed by atoms with Crippen molar-refractivity contribution in [1.29, 1.82) is 0 Å². The molecule has 0 bridgehead atoms. The molecule has 0 aliphatic carbocycles. The highest BCUT2D eigenvalue weighted by Crippen LogP contribution is 2.36. The molecule has 1 atom stereocenters. The van der Waals surface area contributed by atoms with Crippen molar-refractivity contribution in [3.05, 3.63) is 138 Å². The Labute approximate surface area is 210 Å². The molecule has 5 N–H and O–H groups in total. The van der Waals surface area contributed by atoms with Gasteiger partial charge in [-0.25, -0.2) is 0 Å². The molecule has 0 radical (unpaired) electrons. The molecular weight excluding hydrogens is 450 g/mol. The first-order valence-electron chi connectivity index (χ1n) is 11.8. The van der Waals surface area contributed by atoms with E-state index in [9.17, 15) is 14.7 Å². The average Bonchev–Trinajstić information content (AvgIpc) is 2.93. The molecule has 4 aromatic carbocycles. The standard InChI is InChI=1S/C30H29N3O3/c31-27(29(36)32-26-18-16-22(21-34)17-19-26)20-28(35)33-30(23-10-4-1-5-11-23,24-12-6-2-7-13-24)25-14-8-3-9-15-25/h1-19,27,34H,20-21,31H2,(H,32,36)(H,33,35)/t27-/m0/s1. The number of carbonyl (C=O) groups is 2. The van der Waals surface area contributed by atoms with Crippen molar-refractivity contribution in [2.45, 2.75) is 24.6 Å². The first-order valence-corrected chi connectivity index (χ1v) is 11.8. The van der Waals surface area contributed by atoms with Crippen LogP contribution in [0.3, 0.4) is 0 Å². The van der Waals surface area contributed by atoms with Crippen LogP contribution < -0.4 is 16.4 Å². The number of hydrogen-bond acceptors (Lipinski definition) is 4. The predicted molar refractivity (Wildman–Crippen MR) is 141 cm³/mol. The fraction of sp³-hybridized carbons (Fsp3) is 0.133. The number of amides is 2. The molecule has 36 heavy (non-hydrogen) atoms. The molecule has 0 heterocycles. The smallest absolute Gasteiger partial charge is 0.241 e. The first kappa shape index (κ1) is 24.9. The molecule has 182 valence electrons. The Morgan fingerprint density at radius 1 is 0.722 bits per heavy atom. The molecule has 0 aliphatic rings. The number of aliphatic hydroxyl groups is 1. The zero-order valence-electron chi connectivity index (χ0n) is 19.8. The third-order valence-corrected chi connectivity index (χ3v) is 6.09. The summed E-state index contributed by atoms with van der Waals surface area (Å²) < 4.78 is 0. The van der Waals surface area contributed by atoms with Crippen molar-refractivity contribution in [3.8, 4) is 0 Å². The second kappa shape index (κ2) is 11.4. The number of hydrogen-bond donors (Lipinski definition) is 4. The fourth-order valence-corrected chi connectivity index (χ4v) is 4.26. The average molecular weight is 480 g/mol. The number of carbonyl (C=O) groups excluding carboxylic acids is 2. The molecule has 6 heteroatoms. The van der Waals surface area contributed by atoms with E-state index in [2.05, 4.69) is 10.6 Å². The number of nitrogens with two attached hydrogens (primary N) is 1. The molecule has 0 spiro atoms. The SMILES string of the molecule is N[C@@H](CC(=O)NC(c1ccccc1)(c1ccccc1)c1ccccc1)C(=O)Nc1ccc(CO)cc1. The van der Waals surface area contributed by atoms with E-state index in [0.29, 0.717) is 5.69 Å². The van der Waals surface area contributed by atoms with Gasteiger partial charge in [0.15, 0.2) is 0 Å². The van der Waals surface area contributed by atoms with Gasteiger partial charge in [-0.3, -0.25) is 9.59 Å². The highest BCUT2D eigenvalue weighted by molar-refractivity contribution is 5.97. The van der Waals surface area contributed by atoms with E-state index in [1.165, 1.54) is 0 Å². The fourth-order valence-electron chi connectivity index (χ4n) is 4.26. The molecule has 0 unspecified atom stereocenters. The maximum absolute atomic E-state index is 13.4. The van der Waals surface area contributed by atoms with Gasteiger partial charge in [-0.05, 0) is 34.4 Å². The number of rotatable bonds is 9. The summed E-state index contributed by atoms with van der Waals surface area (Å²) in [6, 6.07) is 35.0. The van der Waals surface area contributed by atoms with Crippen molar-refractivity contribution < 1.29 is 14.7 Å². The Hall–Kier alpha value is -4.26. The first-order chi connectivity index (χ1) is 17.5. The monoisotopic (exact) mass is 479 g/mol. The molecule has 6 nitrogen and oxygen atoms in total. The molecule has 0 aromatic heterocycles. The van der Waals surface area contributed by atoms with Crippen LogP contribution >= 0.6 is 0 Å². The molecule has 2 amide bonds. The lowest BCUT2D eigenvalue weighted by molar-refractivity contribution is -0.126. The van der Waals surface area contributed by atoms with Crippen LogP contribution in [-0.2, 0) is 21.7 Å². The van der Waals surface area contributed by atoms with Gasteiger partial charge in [0.2, 0.25) is 11.8 Å². The minimum atomic E-state index is -1.05. The summed E-state index contributed by atoms with van der Waals surface area (Å²) in [4.78, 5) is 26.1. The van der Waals surface area contributed by atoms with Gasteiger partial charge in [0.25, 0.3) is 0 Å². The second-order valence-corrected chi connectivity index (χ2v) is 8.55. The van der Waals surface area contributed by atoms with E-state index >= 15 is 0 Å². The Bertz CT molecular complexity index is 1180. The largest absolute Gasteiger partial charge is 0.392 e. The summed E-state index contributed by atoms with van der Waals surface area (Å²) in [6.07, 6.45) is -0.200. The second-order valence-electron chi connectivity index (χ2n) is 8.55. The predicted octanol–water partition coefficient (Wildman–Crippen LogP) is 3.94. The topological polar surface area (TPSA) is 104 Å². The van der Waals surface area contributed by atoms with Crippen LogP contribution in [0.5, 0.6) is 0 Å². The highest BCUT2D eigenvalue weighted by atomic mass is 16.3. The van der Waals surface area contributed by atoms with Gasteiger partial charge in [-0.1, -0.05) is 103 Å². The minimum Gasteiger partial charge on any atom is -0.392 e. The van der Waals surface area contributed by atoms with Gasteiger partial charge in [-0.15, -0.1) is 0 Å². The number of benzene rings is 4. The summed E-state index contributed by atoms with van der Waals surface area (Å²) in [6.45, 7) is -0.0834. The van der Waals surface area contributed by atoms with Gasteiger partial charge in [0.05, 0.1) is 19.1 Å². The van der Waals surface area contributed by atoms with Crippen LogP contribution in [0.15, 0.2) is 115 Å². The normalized spacial score (nSPS) is 11.9. The summed E-state index contributed by atoms with van der Waals surface area (Å²) in [5.41, 5.74) is 9.10. The Balaban J connectivity index is 1.61. The van der Waals surface area contributed by atoms with Crippen molar-refractivity contribution in [2.75, 3.05) is 5.32 Å². The number of nitrogens with one attached hydrogen (secondary N) is 2. The molecule has 0 saturated heterocycles. The maximum Gasteiger partial charge on any atom is 0.241 e. The van der Waals surface area contributed by atoms with Crippen LogP contribution in [0.25, 0.3) is 0 Å². The van der Waals surface area contributed by atoms with Crippen molar-refractivity contribution in [3.63, 3.8) is 0 Å².